The van der Waals surface area contributed by atoms with Gasteiger partial charge in [-0.1, -0.05) is 13.3 Å². The zero-order valence-electron chi connectivity index (χ0n) is 9.24. The van der Waals surface area contributed by atoms with Crippen molar-refractivity contribution in [3.63, 3.8) is 0 Å². The van der Waals surface area contributed by atoms with Crippen molar-refractivity contribution in [3.8, 4) is 0 Å². The molecule has 88 valence electrons. The fourth-order valence-electron chi connectivity index (χ4n) is 1.73. The maximum Gasteiger partial charge on any atom is 0.338 e. The zero-order valence-corrected chi connectivity index (χ0v) is 9.24. The smallest absolute Gasteiger partial charge is 0.338 e. The van der Waals surface area contributed by atoms with E-state index < -0.39 is 11.6 Å². The molecule has 1 aliphatic rings. The molecular formula is C11H20O4. The third-order valence-electron chi connectivity index (χ3n) is 2.89. The van der Waals surface area contributed by atoms with Crippen molar-refractivity contribution in [1.82, 2.24) is 0 Å². The fourth-order valence-corrected chi connectivity index (χ4v) is 1.73. The number of carbonyl (C=O) groups is 1. The normalized spacial score (nSPS) is 31.3. The highest BCUT2D eigenvalue weighted by Crippen LogP contribution is 2.29. The van der Waals surface area contributed by atoms with Crippen LogP contribution in [0.2, 0.25) is 0 Å². The fraction of sp³-hybridized carbons (Fsp3) is 0.909. The Morgan fingerprint density at radius 2 is 2.07 bits per heavy atom. The van der Waals surface area contributed by atoms with Gasteiger partial charge in [0.2, 0.25) is 0 Å². The minimum absolute atomic E-state index is 0.305. The van der Waals surface area contributed by atoms with E-state index in [1.165, 1.54) is 0 Å². The lowest BCUT2D eigenvalue weighted by Crippen LogP contribution is -2.44. The molecule has 0 radical (unpaired) electrons. The van der Waals surface area contributed by atoms with Gasteiger partial charge in [0, 0.05) is 0 Å². The quantitative estimate of drug-likeness (QED) is 0.543. The van der Waals surface area contributed by atoms with Gasteiger partial charge in [0.25, 0.3) is 0 Å². The molecule has 0 amide bonds. The number of unbranched alkanes of at least 4 members (excludes halogenated alkanes) is 1. The summed E-state index contributed by atoms with van der Waals surface area (Å²) in [5.41, 5.74) is -1.35. The Hall–Kier alpha value is -0.610. The highest BCUT2D eigenvalue weighted by atomic mass is 16.5. The molecule has 2 N–H and O–H groups in total. The SMILES string of the molecule is CCCCOC(=O)[C@]1(O)CC[C@@H](O)CC1. The molecule has 0 aromatic heterocycles. The molecule has 1 saturated carbocycles. The number of aliphatic hydroxyl groups is 2. The first-order valence-electron chi connectivity index (χ1n) is 5.66. The lowest BCUT2D eigenvalue weighted by molar-refractivity contribution is -0.171. The van der Waals surface area contributed by atoms with Crippen molar-refractivity contribution in [1.29, 1.82) is 0 Å². The number of carbonyl (C=O) groups excluding carboxylic acids is 1. The molecule has 0 atom stereocenters. The van der Waals surface area contributed by atoms with Gasteiger partial charge in [-0.05, 0) is 32.1 Å². The van der Waals surface area contributed by atoms with E-state index in [0.717, 1.165) is 12.8 Å². The van der Waals surface area contributed by atoms with Gasteiger partial charge >= 0.3 is 5.97 Å². The van der Waals surface area contributed by atoms with E-state index in [2.05, 4.69) is 0 Å². The van der Waals surface area contributed by atoms with Crippen molar-refractivity contribution in [3.05, 3.63) is 0 Å². The van der Waals surface area contributed by atoms with E-state index in [-0.39, 0.29) is 6.10 Å². The molecule has 1 aliphatic carbocycles. The summed E-state index contributed by atoms with van der Waals surface area (Å²) in [7, 11) is 0. The van der Waals surface area contributed by atoms with E-state index in [0.29, 0.717) is 32.3 Å². The summed E-state index contributed by atoms with van der Waals surface area (Å²) in [6, 6.07) is 0. The molecule has 4 heteroatoms. The first kappa shape index (κ1) is 12.5. The average Bonchev–Trinajstić information content (AvgIpc) is 2.23. The highest BCUT2D eigenvalue weighted by molar-refractivity contribution is 5.79. The van der Waals surface area contributed by atoms with Crippen LogP contribution in [-0.4, -0.2) is 34.5 Å². The molecule has 1 rings (SSSR count). The Kier molecular flexibility index (Phi) is 4.54. The molecule has 0 aliphatic heterocycles. The average molecular weight is 216 g/mol. The molecule has 0 heterocycles. The largest absolute Gasteiger partial charge is 0.464 e. The maximum absolute atomic E-state index is 11.5. The van der Waals surface area contributed by atoms with E-state index in [1.807, 2.05) is 6.92 Å². The zero-order chi connectivity index (χ0) is 11.3. The predicted molar refractivity (Wildman–Crippen MR) is 55.3 cm³/mol. The van der Waals surface area contributed by atoms with Crippen LogP contribution in [0.4, 0.5) is 0 Å². The van der Waals surface area contributed by atoms with Crippen LogP contribution in [-0.2, 0) is 9.53 Å². The molecule has 15 heavy (non-hydrogen) atoms. The van der Waals surface area contributed by atoms with Gasteiger partial charge in [-0.3, -0.25) is 0 Å². The van der Waals surface area contributed by atoms with Crippen molar-refractivity contribution in [2.45, 2.75) is 57.2 Å². The van der Waals surface area contributed by atoms with Crippen LogP contribution in [0.3, 0.4) is 0 Å². The summed E-state index contributed by atoms with van der Waals surface area (Å²) in [6.45, 7) is 2.39. The molecule has 0 aromatic carbocycles. The Balaban J connectivity index is 2.36. The third-order valence-corrected chi connectivity index (χ3v) is 2.89. The summed E-state index contributed by atoms with van der Waals surface area (Å²) < 4.78 is 4.99. The predicted octanol–water partition coefficient (Wildman–Crippen LogP) is 0.996. The minimum atomic E-state index is -1.35. The molecule has 1 fully saturated rings. The number of rotatable bonds is 4. The van der Waals surface area contributed by atoms with Crippen LogP contribution >= 0.6 is 0 Å². The van der Waals surface area contributed by atoms with Gasteiger partial charge < -0.3 is 14.9 Å². The summed E-state index contributed by atoms with van der Waals surface area (Å²) in [4.78, 5) is 11.5. The van der Waals surface area contributed by atoms with Gasteiger partial charge in [-0.25, -0.2) is 4.79 Å². The molecule has 0 saturated heterocycles. The van der Waals surface area contributed by atoms with Crippen molar-refractivity contribution < 1.29 is 19.7 Å². The van der Waals surface area contributed by atoms with Crippen LogP contribution in [0.25, 0.3) is 0 Å². The summed E-state index contributed by atoms with van der Waals surface area (Å²) in [5, 5.41) is 19.2. The van der Waals surface area contributed by atoms with Crippen molar-refractivity contribution in [2.75, 3.05) is 6.61 Å². The molecule has 4 nitrogen and oxygen atoms in total. The maximum atomic E-state index is 11.5. The van der Waals surface area contributed by atoms with E-state index in [4.69, 9.17) is 4.74 Å². The second-order valence-electron chi connectivity index (χ2n) is 4.25. The molecule has 0 aromatic rings. The Morgan fingerprint density at radius 1 is 1.47 bits per heavy atom. The highest BCUT2D eigenvalue weighted by Gasteiger charge is 2.40. The second kappa shape index (κ2) is 5.47. The number of hydrogen-bond acceptors (Lipinski definition) is 4. The van der Waals surface area contributed by atoms with Gasteiger partial charge in [0.1, 0.15) is 0 Å². The standard InChI is InChI=1S/C11H20O4/c1-2-3-8-15-10(13)11(14)6-4-9(12)5-7-11/h9,12,14H,2-8H2,1H3/t9-,11+. The summed E-state index contributed by atoms with van der Waals surface area (Å²) in [6.07, 6.45) is 2.96. The van der Waals surface area contributed by atoms with Gasteiger partial charge in [-0.2, -0.15) is 0 Å². The van der Waals surface area contributed by atoms with E-state index >= 15 is 0 Å². The molecule has 0 unspecified atom stereocenters. The van der Waals surface area contributed by atoms with Crippen molar-refractivity contribution >= 4 is 5.97 Å². The molecular weight excluding hydrogens is 196 g/mol. The topological polar surface area (TPSA) is 66.8 Å². The van der Waals surface area contributed by atoms with Crippen LogP contribution in [0, 0.1) is 0 Å². The van der Waals surface area contributed by atoms with Gasteiger partial charge in [0.05, 0.1) is 12.7 Å². The lowest BCUT2D eigenvalue weighted by atomic mass is 9.83. The monoisotopic (exact) mass is 216 g/mol. The number of aliphatic hydroxyl groups excluding tert-OH is 1. The van der Waals surface area contributed by atoms with Crippen LogP contribution in [0.15, 0.2) is 0 Å². The number of esters is 1. The lowest BCUT2D eigenvalue weighted by Gasteiger charge is -2.31. The van der Waals surface area contributed by atoms with Crippen LogP contribution in [0.5, 0.6) is 0 Å². The number of hydrogen-bond donors (Lipinski definition) is 2. The van der Waals surface area contributed by atoms with Crippen LogP contribution in [0.1, 0.15) is 45.4 Å². The second-order valence-corrected chi connectivity index (χ2v) is 4.25. The third kappa shape index (κ3) is 3.47. The first-order chi connectivity index (χ1) is 7.08. The molecule has 0 spiro atoms. The molecule has 0 bridgehead atoms. The summed E-state index contributed by atoms with van der Waals surface area (Å²) in [5.74, 6) is -0.525. The summed E-state index contributed by atoms with van der Waals surface area (Å²) >= 11 is 0. The number of ether oxygens (including phenoxy) is 1. The first-order valence-corrected chi connectivity index (χ1v) is 5.66. The van der Waals surface area contributed by atoms with E-state index in [9.17, 15) is 15.0 Å². The van der Waals surface area contributed by atoms with Gasteiger partial charge in [0.15, 0.2) is 5.60 Å². The van der Waals surface area contributed by atoms with Gasteiger partial charge in [-0.15, -0.1) is 0 Å². The minimum Gasteiger partial charge on any atom is -0.464 e. The van der Waals surface area contributed by atoms with E-state index in [1.54, 1.807) is 0 Å². The Morgan fingerprint density at radius 3 is 2.60 bits per heavy atom. The van der Waals surface area contributed by atoms with Crippen molar-refractivity contribution in [2.24, 2.45) is 0 Å². The Labute approximate surface area is 90.2 Å². The van der Waals surface area contributed by atoms with Crippen LogP contribution < -0.4 is 0 Å². The Bertz CT molecular complexity index is 207.